The van der Waals surface area contributed by atoms with Gasteiger partial charge in [-0.2, -0.15) is 0 Å². The van der Waals surface area contributed by atoms with Crippen molar-refractivity contribution in [3.8, 4) is 0 Å². The van der Waals surface area contributed by atoms with Crippen molar-refractivity contribution in [2.24, 2.45) is 0 Å². The Morgan fingerprint density at radius 2 is 1.32 bits per heavy atom. The molecule has 0 saturated heterocycles. The van der Waals surface area contributed by atoms with E-state index in [0.717, 1.165) is 7.11 Å². The molecule has 0 aliphatic rings. The Labute approximate surface area is 141 Å². The van der Waals surface area contributed by atoms with Crippen molar-refractivity contribution in [2.75, 3.05) is 19.4 Å². The molecule has 0 radical (unpaired) electrons. The van der Waals surface area contributed by atoms with E-state index in [1.165, 1.54) is 0 Å². The van der Waals surface area contributed by atoms with Crippen molar-refractivity contribution < 1.29 is 18.7 Å². The normalized spacial score (nSPS) is 17.6. The molecule has 2 unspecified atom stereocenters. The smallest absolute Gasteiger partial charge is 0.323 e. The Balaban J connectivity index is 5.08. The third kappa shape index (κ3) is 9.32. The van der Waals surface area contributed by atoms with Crippen molar-refractivity contribution in [1.29, 1.82) is 0 Å². The zero-order valence-electron chi connectivity index (χ0n) is 9.39. The van der Waals surface area contributed by atoms with E-state index in [1.54, 1.807) is 0 Å². The lowest BCUT2D eigenvalue weighted by molar-refractivity contribution is -0.138. The maximum absolute atomic E-state index is 12.0. The number of halogens is 6. The molecule has 0 aromatic heterocycles. The highest BCUT2D eigenvalue weighted by Crippen LogP contribution is 2.52. The van der Waals surface area contributed by atoms with Crippen LogP contribution in [0.3, 0.4) is 0 Å². The Morgan fingerprint density at radius 3 is 1.53 bits per heavy atom. The number of alkyl halides is 6. The van der Waals surface area contributed by atoms with Crippen LogP contribution in [0.1, 0.15) is 0 Å². The number of esters is 1. The maximum Gasteiger partial charge on any atom is 0.323 e. The molecule has 12 heteroatoms. The van der Waals surface area contributed by atoms with Gasteiger partial charge in [-0.15, -0.1) is 0 Å². The van der Waals surface area contributed by atoms with Crippen LogP contribution in [0, 0.1) is 0 Å². The van der Waals surface area contributed by atoms with E-state index in [0.29, 0.717) is 0 Å². The Bertz CT molecular complexity index is 349. The van der Waals surface area contributed by atoms with E-state index in [9.17, 15) is 13.9 Å². The first-order chi connectivity index (χ1) is 8.37. The molecule has 114 valence electrons. The molecule has 0 saturated carbocycles. The second-order valence-corrected chi connectivity index (χ2v) is 12.8. The summed E-state index contributed by atoms with van der Waals surface area (Å²) in [6.45, 7) is 0. The van der Waals surface area contributed by atoms with Gasteiger partial charge in [-0.25, -0.2) is 0 Å². The lowest BCUT2D eigenvalue weighted by atomic mass is 10.8. The molecule has 0 aromatic rings. The van der Waals surface area contributed by atoms with Crippen LogP contribution in [0.5, 0.6) is 0 Å². The summed E-state index contributed by atoms with van der Waals surface area (Å²) in [6, 6.07) is 0. The molecular formula is C7H10Cl6O4P2. The summed E-state index contributed by atoms with van der Waals surface area (Å²) >= 11 is 33.0. The van der Waals surface area contributed by atoms with Crippen molar-refractivity contribution >= 4 is 91.2 Å². The van der Waals surface area contributed by atoms with Gasteiger partial charge in [0.15, 0.2) is 13.0 Å². The average Bonchev–Trinajstić information content (AvgIpc) is 2.11. The highest BCUT2D eigenvalue weighted by Gasteiger charge is 2.39. The molecule has 0 rings (SSSR count). The third-order valence-electron chi connectivity index (χ3n) is 1.83. The second kappa shape index (κ2) is 8.34. The average molecular weight is 433 g/mol. The second-order valence-electron chi connectivity index (χ2n) is 3.47. The van der Waals surface area contributed by atoms with E-state index in [1.807, 2.05) is 0 Å². The van der Waals surface area contributed by atoms with E-state index >= 15 is 0 Å². The van der Waals surface area contributed by atoms with Crippen LogP contribution in [0.4, 0.5) is 0 Å². The summed E-state index contributed by atoms with van der Waals surface area (Å²) in [5, 5.41) is -1.41. The number of hydrogen-bond acceptors (Lipinski definition) is 4. The fraction of sp³-hybridized carbons (Fsp3) is 0.857. The summed E-state index contributed by atoms with van der Waals surface area (Å²) in [5.74, 6) is -0.934. The lowest BCUT2D eigenvalue weighted by Gasteiger charge is -2.19. The number of rotatable bonds is 5. The first-order valence-corrected chi connectivity index (χ1v) is 10.3. The summed E-state index contributed by atoms with van der Waals surface area (Å²) in [5.41, 5.74) is 0. The molecule has 0 N–H and O–H groups in total. The fourth-order valence-corrected chi connectivity index (χ4v) is 7.54. The van der Waals surface area contributed by atoms with E-state index in [-0.39, 0.29) is 0 Å². The van der Waals surface area contributed by atoms with Gasteiger partial charge in [-0.1, -0.05) is 69.6 Å². The summed E-state index contributed by atoms with van der Waals surface area (Å²) < 4.78 is 24.8. The first kappa shape index (κ1) is 20.7. The number of carbonyl (C=O) groups is 1. The summed E-state index contributed by atoms with van der Waals surface area (Å²) in [7, 11) is -4.60. The molecule has 2 atom stereocenters. The largest absolute Gasteiger partial charge is 0.468 e. The SMILES string of the molecule is COC(=O)C([PH](=O)CC(Cl)(Cl)Cl)[PH](=O)CC(Cl)(Cl)Cl. The van der Waals surface area contributed by atoms with Crippen molar-refractivity contribution in [3.63, 3.8) is 0 Å². The molecule has 0 spiro atoms. The Hall–Kier alpha value is 1.67. The lowest BCUT2D eigenvalue weighted by Crippen LogP contribution is -2.21. The topological polar surface area (TPSA) is 60.4 Å². The van der Waals surface area contributed by atoms with Gasteiger partial charge in [-0.05, 0) is 0 Å². The monoisotopic (exact) mass is 430 g/mol. The number of carbonyl (C=O) groups excluding carboxylic acids is 1. The minimum absolute atomic E-state index is 0.418. The summed E-state index contributed by atoms with van der Waals surface area (Å²) in [6.07, 6.45) is -0.837. The van der Waals surface area contributed by atoms with Crippen LogP contribution in [0.25, 0.3) is 0 Å². The fourth-order valence-electron chi connectivity index (χ4n) is 1.16. The predicted octanol–water partition coefficient (Wildman–Crippen LogP) is 4.35. The molecule has 0 bridgehead atoms. The Kier molecular flexibility index (Phi) is 9.07. The molecule has 0 heterocycles. The summed E-state index contributed by atoms with van der Waals surface area (Å²) in [4.78, 5) is 11.5. The first-order valence-electron chi connectivity index (χ1n) is 4.64. The van der Waals surface area contributed by atoms with Crippen molar-refractivity contribution in [2.45, 2.75) is 13.0 Å². The van der Waals surface area contributed by atoms with Gasteiger partial charge in [0, 0.05) is 12.3 Å². The van der Waals surface area contributed by atoms with Gasteiger partial charge in [0.05, 0.1) is 7.11 Å². The van der Waals surface area contributed by atoms with Gasteiger partial charge < -0.3 is 13.9 Å². The van der Waals surface area contributed by atoms with Crippen LogP contribution in [0.2, 0.25) is 0 Å². The predicted molar refractivity (Wildman–Crippen MR) is 84.1 cm³/mol. The molecule has 0 amide bonds. The van der Waals surface area contributed by atoms with Crippen LogP contribution in [0.15, 0.2) is 0 Å². The number of methoxy groups -OCH3 is 1. The minimum Gasteiger partial charge on any atom is -0.468 e. The third-order valence-corrected chi connectivity index (χ3v) is 9.43. The van der Waals surface area contributed by atoms with Crippen molar-refractivity contribution in [3.05, 3.63) is 0 Å². The molecule has 0 aromatic carbocycles. The zero-order chi connectivity index (χ0) is 15.4. The molecule has 0 aliphatic carbocycles. The standard InChI is InChI=1S/C7H10Cl6O4P2/c1-17-4(14)5(18(15)2-6(8,9)10)19(16)3-7(11,12)13/h5,18-19H,2-3H2,1H3. The molecule has 19 heavy (non-hydrogen) atoms. The van der Waals surface area contributed by atoms with Gasteiger partial charge in [-0.3, -0.25) is 4.79 Å². The molecule has 0 fully saturated rings. The van der Waals surface area contributed by atoms with Crippen LogP contribution >= 0.6 is 85.2 Å². The van der Waals surface area contributed by atoms with Gasteiger partial charge in [0.25, 0.3) is 0 Å². The maximum atomic E-state index is 12.0. The quantitative estimate of drug-likeness (QED) is 0.368. The number of ether oxygens (including phenoxy) is 1. The molecule has 4 nitrogen and oxygen atoms in total. The van der Waals surface area contributed by atoms with Gasteiger partial charge >= 0.3 is 5.97 Å². The minimum atomic E-state index is -2.83. The van der Waals surface area contributed by atoms with Gasteiger partial charge in [0.1, 0.15) is 15.6 Å². The van der Waals surface area contributed by atoms with Crippen LogP contribution < -0.4 is 0 Å². The van der Waals surface area contributed by atoms with Gasteiger partial charge in [0.2, 0.25) is 0 Å². The highest BCUT2D eigenvalue weighted by molar-refractivity contribution is 7.66. The molecular weight excluding hydrogens is 423 g/mol. The van der Waals surface area contributed by atoms with Crippen LogP contribution in [-0.2, 0) is 18.7 Å². The van der Waals surface area contributed by atoms with Crippen LogP contribution in [-0.4, -0.2) is 38.4 Å². The highest BCUT2D eigenvalue weighted by atomic mass is 35.6. The van der Waals surface area contributed by atoms with Crippen molar-refractivity contribution in [1.82, 2.24) is 0 Å². The van der Waals surface area contributed by atoms with E-state index < -0.39 is 46.9 Å². The van der Waals surface area contributed by atoms with E-state index in [2.05, 4.69) is 4.74 Å². The zero-order valence-corrected chi connectivity index (χ0v) is 15.9. The molecule has 0 aliphatic heterocycles. The van der Waals surface area contributed by atoms with E-state index in [4.69, 9.17) is 69.6 Å². The Morgan fingerprint density at radius 1 is 1.00 bits per heavy atom. The number of hydrogen-bond donors (Lipinski definition) is 0.